The summed E-state index contributed by atoms with van der Waals surface area (Å²) in [7, 11) is 0. The van der Waals surface area contributed by atoms with Crippen LogP contribution in [0.25, 0.3) is 6.08 Å². The van der Waals surface area contributed by atoms with Gasteiger partial charge in [-0.15, -0.1) is 24.8 Å². The highest BCUT2D eigenvalue weighted by atomic mass is 35.5. The van der Waals surface area contributed by atoms with Crippen LogP contribution < -0.4 is 11.1 Å². The molecule has 1 aromatic rings. The van der Waals surface area contributed by atoms with Crippen molar-refractivity contribution >= 4 is 42.5 Å². The van der Waals surface area contributed by atoms with Crippen molar-refractivity contribution < 1.29 is 4.79 Å². The lowest BCUT2D eigenvalue weighted by atomic mass is 10.0. The number of carbonyl (C=O) groups is 1. The molecule has 0 saturated heterocycles. The molecule has 108 valence electrons. The van der Waals surface area contributed by atoms with Gasteiger partial charge in [0.25, 0.3) is 0 Å². The quantitative estimate of drug-likeness (QED) is 0.845. The lowest BCUT2D eigenvalue weighted by Crippen LogP contribution is -2.36. The zero-order valence-electron chi connectivity index (χ0n) is 11.3. The summed E-state index contributed by atoms with van der Waals surface area (Å²) in [5.41, 5.74) is 7.27. The molecular weight excluding hydrogens is 283 g/mol. The molecule has 3 N–H and O–H groups in total. The molecular formula is C14H22Cl2N2O. The zero-order chi connectivity index (χ0) is 12.8. The summed E-state index contributed by atoms with van der Waals surface area (Å²) in [4.78, 5) is 11.4. The molecule has 0 aliphatic carbocycles. The van der Waals surface area contributed by atoms with Gasteiger partial charge in [-0.2, -0.15) is 0 Å². The van der Waals surface area contributed by atoms with Crippen LogP contribution in [0.4, 0.5) is 5.69 Å². The molecule has 19 heavy (non-hydrogen) atoms. The van der Waals surface area contributed by atoms with Crippen LogP contribution in [0.1, 0.15) is 25.8 Å². The molecule has 1 amide bonds. The van der Waals surface area contributed by atoms with Crippen LogP contribution in [0, 0.1) is 5.92 Å². The van der Waals surface area contributed by atoms with E-state index in [2.05, 4.69) is 25.7 Å². The van der Waals surface area contributed by atoms with E-state index in [4.69, 9.17) is 5.73 Å². The van der Waals surface area contributed by atoms with Crippen molar-refractivity contribution in [3.63, 3.8) is 0 Å². The maximum Gasteiger partial charge on any atom is 0.239 e. The number of hydrogen-bond donors (Lipinski definition) is 2. The van der Waals surface area contributed by atoms with Crippen molar-refractivity contribution in [3.8, 4) is 0 Å². The number of carbonyl (C=O) groups excluding carboxylic acids is 1. The Morgan fingerprint density at radius 1 is 1.37 bits per heavy atom. The summed E-state index contributed by atoms with van der Waals surface area (Å²) < 4.78 is 0. The minimum absolute atomic E-state index is 0. The lowest BCUT2D eigenvalue weighted by Gasteiger charge is -2.19. The Hall–Kier alpha value is -1.19. The van der Waals surface area contributed by atoms with Gasteiger partial charge >= 0.3 is 0 Å². The average molecular weight is 305 g/mol. The maximum absolute atomic E-state index is 11.4. The van der Waals surface area contributed by atoms with E-state index in [0.717, 1.165) is 17.7 Å². The molecule has 0 saturated carbocycles. The Balaban J connectivity index is 0. The van der Waals surface area contributed by atoms with Gasteiger partial charge in [0.1, 0.15) is 6.04 Å². The van der Waals surface area contributed by atoms with Gasteiger partial charge in [0.15, 0.2) is 0 Å². The minimum Gasteiger partial charge on any atom is -0.373 e. The molecule has 0 aliphatic rings. The van der Waals surface area contributed by atoms with Crippen molar-refractivity contribution in [1.82, 2.24) is 0 Å². The first-order valence-corrected chi connectivity index (χ1v) is 5.82. The Bertz CT molecular complexity index is 408. The smallest absolute Gasteiger partial charge is 0.239 e. The van der Waals surface area contributed by atoms with Crippen molar-refractivity contribution in [3.05, 3.63) is 36.4 Å². The number of primary amides is 1. The molecule has 0 bridgehead atoms. The van der Waals surface area contributed by atoms with Gasteiger partial charge in [0, 0.05) is 5.69 Å². The van der Waals surface area contributed by atoms with Gasteiger partial charge in [-0.1, -0.05) is 44.7 Å². The number of nitrogens with two attached hydrogens (primary N) is 1. The highest BCUT2D eigenvalue weighted by Gasteiger charge is 2.17. The fourth-order valence-corrected chi connectivity index (χ4v) is 1.71. The number of nitrogens with one attached hydrogen (secondary N) is 1. The highest BCUT2D eigenvalue weighted by Crippen LogP contribution is 2.19. The number of amides is 1. The van der Waals surface area contributed by atoms with Crippen LogP contribution in [0.3, 0.4) is 0 Å². The molecule has 5 heteroatoms. The third-order valence-electron chi connectivity index (χ3n) is 2.56. The van der Waals surface area contributed by atoms with E-state index in [1.165, 1.54) is 0 Å². The second-order valence-electron chi connectivity index (χ2n) is 4.52. The van der Waals surface area contributed by atoms with Crippen molar-refractivity contribution in [2.75, 3.05) is 5.32 Å². The second-order valence-corrected chi connectivity index (χ2v) is 4.52. The normalized spacial score (nSPS) is 10.9. The summed E-state index contributed by atoms with van der Waals surface area (Å²) in [6, 6.07) is 7.39. The fraction of sp³-hybridized carbons (Fsp3) is 0.357. The molecule has 1 unspecified atom stereocenters. The lowest BCUT2D eigenvalue weighted by molar-refractivity contribution is -0.119. The van der Waals surface area contributed by atoms with Gasteiger partial charge in [-0.25, -0.2) is 0 Å². The predicted molar refractivity (Wildman–Crippen MR) is 87.1 cm³/mol. The summed E-state index contributed by atoms with van der Waals surface area (Å²) in [5, 5.41) is 3.18. The van der Waals surface area contributed by atoms with Gasteiger partial charge in [-0.05, 0) is 24.0 Å². The van der Waals surface area contributed by atoms with E-state index in [9.17, 15) is 4.79 Å². The summed E-state index contributed by atoms with van der Waals surface area (Å²) in [6.07, 6.45) is 2.48. The minimum atomic E-state index is -0.337. The van der Waals surface area contributed by atoms with Crippen molar-refractivity contribution in [2.45, 2.75) is 26.3 Å². The molecule has 0 spiro atoms. The monoisotopic (exact) mass is 304 g/mol. The summed E-state index contributed by atoms with van der Waals surface area (Å²) in [5.74, 6) is 0.0912. The molecule has 1 aromatic carbocycles. The number of benzene rings is 1. The van der Waals surface area contributed by atoms with Gasteiger partial charge in [0.05, 0.1) is 0 Å². The Labute approximate surface area is 127 Å². The highest BCUT2D eigenvalue weighted by molar-refractivity contribution is 5.85. The van der Waals surface area contributed by atoms with Gasteiger partial charge < -0.3 is 11.1 Å². The Morgan fingerprint density at radius 3 is 2.42 bits per heavy atom. The van der Waals surface area contributed by atoms with Crippen LogP contribution in [0.5, 0.6) is 0 Å². The summed E-state index contributed by atoms with van der Waals surface area (Å²) in [6.45, 7) is 7.88. The standard InChI is InChI=1S/C14H20N2O.2ClH/c1-4-11-7-5-6-8-12(11)16-13(14(15)17)9-10(2)3;;/h4-8,10,13,16H,1,9H2,2-3H3,(H2,15,17);2*1H. The third kappa shape index (κ3) is 6.50. The van der Waals surface area contributed by atoms with Gasteiger partial charge in [-0.3, -0.25) is 4.79 Å². The van der Waals surface area contributed by atoms with E-state index >= 15 is 0 Å². The largest absolute Gasteiger partial charge is 0.373 e. The summed E-state index contributed by atoms with van der Waals surface area (Å²) >= 11 is 0. The molecule has 0 heterocycles. The zero-order valence-corrected chi connectivity index (χ0v) is 12.9. The van der Waals surface area contributed by atoms with E-state index in [1.807, 2.05) is 24.3 Å². The van der Waals surface area contributed by atoms with Crippen LogP contribution in [0.2, 0.25) is 0 Å². The first-order chi connectivity index (χ1) is 8.04. The van der Waals surface area contributed by atoms with Crippen LogP contribution in [0.15, 0.2) is 30.8 Å². The third-order valence-corrected chi connectivity index (χ3v) is 2.56. The SMILES string of the molecule is C=Cc1ccccc1NC(CC(C)C)C(N)=O.Cl.Cl. The number of para-hydroxylation sites is 1. The molecule has 0 radical (unpaired) electrons. The van der Waals surface area contributed by atoms with E-state index in [0.29, 0.717) is 5.92 Å². The molecule has 3 nitrogen and oxygen atoms in total. The van der Waals surface area contributed by atoms with Crippen LogP contribution >= 0.6 is 24.8 Å². The van der Waals surface area contributed by atoms with E-state index in [1.54, 1.807) is 6.08 Å². The molecule has 1 rings (SSSR count). The van der Waals surface area contributed by atoms with E-state index in [-0.39, 0.29) is 36.8 Å². The Morgan fingerprint density at radius 2 is 1.95 bits per heavy atom. The molecule has 0 fully saturated rings. The number of halogens is 2. The Kier molecular flexibility index (Phi) is 10.3. The predicted octanol–water partition coefficient (Wildman–Crippen LogP) is 3.49. The first kappa shape index (κ1) is 20.1. The number of hydrogen-bond acceptors (Lipinski definition) is 2. The van der Waals surface area contributed by atoms with Crippen molar-refractivity contribution in [2.24, 2.45) is 11.7 Å². The molecule has 1 atom stereocenters. The van der Waals surface area contributed by atoms with Gasteiger partial charge in [0.2, 0.25) is 5.91 Å². The average Bonchev–Trinajstić information content (AvgIpc) is 2.28. The van der Waals surface area contributed by atoms with Crippen LogP contribution in [-0.2, 0) is 4.79 Å². The van der Waals surface area contributed by atoms with E-state index < -0.39 is 0 Å². The second kappa shape index (κ2) is 9.70. The molecule has 0 aromatic heterocycles. The number of rotatable bonds is 6. The number of anilines is 1. The topological polar surface area (TPSA) is 55.1 Å². The van der Waals surface area contributed by atoms with Crippen LogP contribution in [-0.4, -0.2) is 11.9 Å². The van der Waals surface area contributed by atoms with Crippen molar-refractivity contribution in [1.29, 1.82) is 0 Å². The first-order valence-electron chi connectivity index (χ1n) is 5.82. The fourth-order valence-electron chi connectivity index (χ4n) is 1.71. The molecule has 0 aliphatic heterocycles. The maximum atomic E-state index is 11.4.